The van der Waals surface area contributed by atoms with Gasteiger partial charge in [0.1, 0.15) is 5.82 Å². The molecule has 0 spiro atoms. The van der Waals surface area contributed by atoms with Crippen molar-refractivity contribution in [2.24, 2.45) is 5.92 Å². The highest BCUT2D eigenvalue weighted by atomic mass is 19.1. The summed E-state index contributed by atoms with van der Waals surface area (Å²) in [7, 11) is 0. The summed E-state index contributed by atoms with van der Waals surface area (Å²) in [5.41, 5.74) is 0.816. The zero-order chi connectivity index (χ0) is 13.1. The van der Waals surface area contributed by atoms with E-state index in [0.717, 1.165) is 19.4 Å². The zero-order valence-corrected chi connectivity index (χ0v) is 10.5. The molecule has 2 rings (SSSR count). The molecule has 0 bridgehead atoms. The van der Waals surface area contributed by atoms with Crippen molar-refractivity contribution < 1.29 is 14.3 Å². The van der Waals surface area contributed by atoms with E-state index in [9.17, 15) is 14.3 Å². The molecular weight excluding hydrogens is 233 g/mol. The highest BCUT2D eigenvalue weighted by molar-refractivity contribution is 5.99. The summed E-state index contributed by atoms with van der Waals surface area (Å²) in [5.74, 6) is -0.324. The van der Waals surface area contributed by atoms with Gasteiger partial charge in [-0.05, 0) is 37.8 Å². The van der Waals surface area contributed by atoms with E-state index in [1.807, 2.05) is 4.90 Å². The van der Waals surface area contributed by atoms with Crippen molar-refractivity contribution in [1.82, 2.24) is 0 Å². The van der Waals surface area contributed by atoms with Crippen LogP contribution in [0.25, 0.3) is 0 Å². The second-order valence-corrected chi connectivity index (χ2v) is 4.83. The molecule has 0 aliphatic carbocycles. The monoisotopic (exact) mass is 251 g/mol. The van der Waals surface area contributed by atoms with E-state index < -0.39 is 0 Å². The SMILES string of the molecule is CC(=O)c1cccc(F)c1N1CCCC(CO)C1. The number of carbonyl (C=O) groups is 1. The Morgan fingerprint density at radius 3 is 3.00 bits per heavy atom. The minimum absolute atomic E-state index is 0.111. The van der Waals surface area contributed by atoms with E-state index in [2.05, 4.69) is 0 Å². The van der Waals surface area contributed by atoms with Gasteiger partial charge >= 0.3 is 0 Å². The molecule has 98 valence electrons. The summed E-state index contributed by atoms with van der Waals surface area (Å²) in [6.45, 7) is 2.90. The van der Waals surface area contributed by atoms with Crippen LogP contribution >= 0.6 is 0 Å². The van der Waals surface area contributed by atoms with E-state index in [1.165, 1.54) is 13.0 Å². The molecule has 1 aliphatic rings. The fourth-order valence-corrected chi connectivity index (χ4v) is 2.54. The fourth-order valence-electron chi connectivity index (χ4n) is 2.54. The van der Waals surface area contributed by atoms with Crippen molar-refractivity contribution in [1.29, 1.82) is 0 Å². The molecule has 0 amide bonds. The number of halogens is 1. The molecule has 0 aromatic heterocycles. The maximum absolute atomic E-state index is 14.0. The van der Waals surface area contributed by atoms with Gasteiger partial charge < -0.3 is 10.0 Å². The van der Waals surface area contributed by atoms with Crippen LogP contribution in [0.4, 0.5) is 10.1 Å². The summed E-state index contributed by atoms with van der Waals surface area (Å²) < 4.78 is 14.0. The van der Waals surface area contributed by atoms with Gasteiger partial charge in [-0.1, -0.05) is 6.07 Å². The lowest BCUT2D eigenvalue weighted by atomic mass is 9.97. The Bertz CT molecular complexity index is 447. The molecule has 1 aliphatic heterocycles. The number of hydrogen-bond acceptors (Lipinski definition) is 3. The van der Waals surface area contributed by atoms with Crippen LogP contribution < -0.4 is 4.90 Å². The third-order valence-electron chi connectivity index (χ3n) is 3.46. The molecule has 18 heavy (non-hydrogen) atoms. The lowest BCUT2D eigenvalue weighted by molar-refractivity contribution is 0.101. The van der Waals surface area contributed by atoms with Crippen LogP contribution in [0.3, 0.4) is 0 Å². The molecule has 3 nitrogen and oxygen atoms in total. The van der Waals surface area contributed by atoms with E-state index in [4.69, 9.17) is 0 Å². The number of aliphatic hydroxyl groups is 1. The van der Waals surface area contributed by atoms with Gasteiger partial charge in [0.25, 0.3) is 0 Å². The lowest BCUT2D eigenvalue weighted by Crippen LogP contribution is -2.38. The first kappa shape index (κ1) is 13.0. The number of anilines is 1. The second kappa shape index (κ2) is 5.48. The largest absolute Gasteiger partial charge is 0.396 e. The quantitative estimate of drug-likeness (QED) is 0.837. The molecule has 1 atom stereocenters. The molecule has 1 unspecified atom stereocenters. The third-order valence-corrected chi connectivity index (χ3v) is 3.46. The molecule has 1 heterocycles. The first-order valence-corrected chi connectivity index (χ1v) is 6.28. The van der Waals surface area contributed by atoms with Crippen LogP contribution in [0.1, 0.15) is 30.1 Å². The second-order valence-electron chi connectivity index (χ2n) is 4.83. The summed E-state index contributed by atoms with van der Waals surface area (Å²) in [6.07, 6.45) is 1.87. The molecule has 1 aromatic rings. The number of benzene rings is 1. The molecule has 1 N–H and O–H groups in total. The predicted octanol–water partition coefficient (Wildman–Crippen LogP) is 2.24. The average Bonchev–Trinajstić information content (AvgIpc) is 2.38. The average molecular weight is 251 g/mol. The van der Waals surface area contributed by atoms with Gasteiger partial charge in [0.05, 0.1) is 5.69 Å². The molecule has 1 aromatic carbocycles. The number of piperidine rings is 1. The van der Waals surface area contributed by atoms with E-state index in [-0.39, 0.29) is 24.1 Å². The predicted molar refractivity (Wildman–Crippen MR) is 68.4 cm³/mol. The standard InChI is InChI=1S/C14H18FNO2/c1-10(18)12-5-2-6-13(15)14(12)16-7-3-4-11(8-16)9-17/h2,5-6,11,17H,3-4,7-9H2,1H3. The summed E-state index contributed by atoms with van der Waals surface area (Å²) >= 11 is 0. The van der Waals surface area contributed by atoms with Crippen molar-refractivity contribution >= 4 is 11.5 Å². The Morgan fingerprint density at radius 1 is 1.56 bits per heavy atom. The number of aliphatic hydroxyl groups excluding tert-OH is 1. The summed E-state index contributed by atoms with van der Waals surface area (Å²) in [4.78, 5) is 13.5. The minimum atomic E-state index is -0.360. The van der Waals surface area contributed by atoms with Crippen molar-refractivity contribution in [2.45, 2.75) is 19.8 Å². The van der Waals surface area contributed by atoms with E-state index in [0.29, 0.717) is 17.8 Å². The van der Waals surface area contributed by atoms with Gasteiger partial charge in [0, 0.05) is 25.3 Å². The Labute approximate surface area is 106 Å². The van der Waals surface area contributed by atoms with Gasteiger partial charge in [-0.15, -0.1) is 0 Å². The summed E-state index contributed by atoms with van der Waals surface area (Å²) in [5, 5.41) is 9.22. The van der Waals surface area contributed by atoms with Crippen LogP contribution in [0.2, 0.25) is 0 Å². The van der Waals surface area contributed by atoms with Crippen LogP contribution in [0, 0.1) is 11.7 Å². The van der Waals surface area contributed by atoms with Crippen LogP contribution in [0.5, 0.6) is 0 Å². The van der Waals surface area contributed by atoms with Gasteiger partial charge in [0.2, 0.25) is 0 Å². The number of hydrogen-bond donors (Lipinski definition) is 1. The molecular formula is C14H18FNO2. The van der Waals surface area contributed by atoms with Gasteiger partial charge in [0.15, 0.2) is 5.78 Å². The van der Waals surface area contributed by atoms with Crippen molar-refractivity contribution in [3.63, 3.8) is 0 Å². The Kier molecular flexibility index (Phi) is 3.97. The van der Waals surface area contributed by atoms with Crippen molar-refractivity contribution in [3.05, 3.63) is 29.6 Å². The highest BCUT2D eigenvalue weighted by Gasteiger charge is 2.24. The normalized spacial score (nSPS) is 19.9. The van der Waals surface area contributed by atoms with Crippen LogP contribution in [-0.4, -0.2) is 30.6 Å². The van der Waals surface area contributed by atoms with Gasteiger partial charge in [-0.25, -0.2) is 4.39 Å². The lowest BCUT2D eigenvalue weighted by Gasteiger charge is -2.34. The maximum Gasteiger partial charge on any atom is 0.161 e. The number of rotatable bonds is 3. The number of ketones is 1. The maximum atomic E-state index is 14.0. The highest BCUT2D eigenvalue weighted by Crippen LogP contribution is 2.29. The van der Waals surface area contributed by atoms with Crippen LogP contribution in [0.15, 0.2) is 18.2 Å². The van der Waals surface area contributed by atoms with Gasteiger partial charge in [-0.2, -0.15) is 0 Å². The first-order chi connectivity index (χ1) is 8.63. The van der Waals surface area contributed by atoms with Crippen molar-refractivity contribution in [2.75, 3.05) is 24.6 Å². The Morgan fingerprint density at radius 2 is 2.33 bits per heavy atom. The molecule has 1 fully saturated rings. The molecule has 0 radical (unpaired) electrons. The summed E-state index contributed by atoms with van der Waals surface area (Å²) in [6, 6.07) is 4.59. The molecule has 1 saturated heterocycles. The Balaban J connectivity index is 2.34. The number of Topliss-reactive ketones (excluding diaryl/α,β-unsaturated/α-hetero) is 1. The molecule has 0 saturated carbocycles. The fraction of sp³-hybridized carbons (Fsp3) is 0.500. The smallest absolute Gasteiger partial charge is 0.161 e. The van der Waals surface area contributed by atoms with Crippen LogP contribution in [-0.2, 0) is 0 Å². The zero-order valence-electron chi connectivity index (χ0n) is 10.5. The minimum Gasteiger partial charge on any atom is -0.396 e. The van der Waals surface area contributed by atoms with Gasteiger partial charge in [-0.3, -0.25) is 4.79 Å². The number of para-hydroxylation sites is 1. The van der Waals surface area contributed by atoms with Crippen molar-refractivity contribution in [3.8, 4) is 0 Å². The van der Waals surface area contributed by atoms with E-state index in [1.54, 1.807) is 12.1 Å². The number of carbonyl (C=O) groups excluding carboxylic acids is 1. The first-order valence-electron chi connectivity index (χ1n) is 6.28. The van der Waals surface area contributed by atoms with E-state index >= 15 is 0 Å². The number of nitrogens with zero attached hydrogens (tertiary/aromatic N) is 1. The molecule has 4 heteroatoms. The topological polar surface area (TPSA) is 40.5 Å². The third kappa shape index (κ3) is 2.53. The Hall–Kier alpha value is -1.42.